The van der Waals surface area contributed by atoms with Crippen LogP contribution < -0.4 is 0 Å². The van der Waals surface area contributed by atoms with E-state index in [1.54, 1.807) is 12.1 Å². The summed E-state index contributed by atoms with van der Waals surface area (Å²) in [5.74, 6) is 2.51. The van der Waals surface area contributed by atoms with Gasteiger partial charge in [-0.2, -0.15) is 0 Å². The second kappa shape index (κ2) is 19.1. The molecule has 1 aromatic carbocycles. The van der Waals surface area contributed by atoms with Gasteiger partial charge in [0.1, 0.15) is 11.5 Å². The van der Waals surface area contributed by atoms with Gasteiger partial charge in [0.15, 0.2) is 0 Å². The van der Waals surface area contributed by atoms with Gasteiger partial charge in [0.05, 0.1) is 6.10 Å². The van der Waals surface area contributed by atoms with Crippen LogP contribution in [0.1, 0.15) is 177 Å². The predicted molar refractivity (Wildman–Crippen MR) is 182 cm³/mol. The maximum atomic E-state index is 11.2. The number of phenols is 1. The van der Waals surface area contributed by atoms with Gasteiger partial charge in [-0.15, -0.1) is 0 Å². The fourth-order valence-electron chi connectivity index (χ4n) is 8.65. The van der Waals surface area contributed by atoms with E-state index >= 15 is 0 Å². The van der Waals surface area contributed by atoms with Crippen molar-refractivity contribution in [1.82, 2.24) is 0 Å². The van der Waals surface area contributed by atoms with Gasteiger partial charge in [-0.05, 0) is 104 Å². The van der Waals surface area contributed by atoms with Gasteiger partial charge in [-0.1, -0.05) is 113 Å². The first-order valence-corrected chi connectivity index (χ1v) is 18.0. The van der Waals surface area contributed by atoms with E-state index in [-0.39, 0.29) is 6.10 Å². The second-order valence-corrected chi connectivity index (χ2v) is 13.6. The summed E-state index contributed by atoms with van der Waals surface area (Å²) in [7, 11) is 0. The first-order valence-electron chi connectivity index (χ1n) is 18.0. The molecule has 42 heavy (non-hydrogen) atoms. The highest BCUT2D eigenvalue weighted by molar-refractivity contribution is 5.79. The fraction of sp³-hybridized carbons (Fsp3) is 0.821. The highest BCUT2D eigenvalue weighted by Crippen LogP contribution is 2.46. The Morgan fingerprint density at radius 3 is 1.26 bits per heavy atom. The molecule has 0 heterocycles. The lowest BCUT2D eigenvalue weighted by atomic mass is 9.64. The lowest BCUT2D eigenvalue weighted by Crippen LogP contribution is -2.33. The van der Waals surface area contributed by atoms with Crippen LogP contribution in [0.15, 0.2) is 24.3 Å². The van der Waals surface area contributed by atoms with Crippen LogP contribution >= 0.6 is 0 Å². The van der Waals surface area contributed by atoms with Crippen molar-refractivity contribution in [2.45, 2.75) is 183 Å². The monoisotopic (exact) mass is 587 g/mol. The van der Waals surface area contributed by atoms with Gasteiger partial charge in [0, 0.05) is 12.8 Å². The summed E-state index contributed by atoms with van der Waals surface area (Å²) in [5, 5.41) is 18.8. The molecular formula is C39H70O3. The van der Waals surface area contributed by atoms with Crippen molar-refractivity contribution >= 4 is 5.78 Å². The fourth-order valence-corrected chi connectivity index (χ4v) is 8.65. The largest absolute Gasteiger partial charge is 0.508 e. The van der Waals surface area contributed by atoms with Crippen LogP contribution in [0, 0.1) is 22.7 Å². The Balaban J connectivity index is 0.000000315. The van der Waals surface area contributed by atoms with E-state index in [9.17, 15) is 15.0 Å². The number of rotatable bonds is 12. The first kappa shape index (κ1) is 38.7. The summed E-state index contributed by atoms with van der Waals surface area (Å²) in [6.07, 6.45) is 19.8. The zero-order chi connectivity index (χ0) is 31.8. The predicted octanol–water partition coefficient (Wildman–Crippen LogP) is 11.6. The molecule has 0 saturated heterocycles. The minimum Gasteiger partial charge on any atom is -0.508 e. The Kier molecular flexibility index (Phi) is 17.6. The van der Waals surface area contributed by atoms with Gasteiger partial charge in [0.2, 0.25) is 0 Å². The van der Waals surface area contributed by atoms with Crippen molar-refractivity contribution < 1.29 is 15.0 Å². The number of phenolic OH excluding ortho intramolecular Hbond substituents is 1. The molecule has 1 aromatic rings. The molecule has 2 aliphatic carbocycles. The van der Waals surface area contributed by atoms with E-state index in [0.717, 1.165) is 69.6 Å². The molecular weight excluding hydrogens is 516 g/mol. The van der Waals surface area contributed by atoms with Gasteiger partial charge in [0.25, 0.3) is 0 Å². The average Bonchev–Trinajstić information content (AvgIpc) is 3.03. The molecule has 244 valence electrons. The van der Waals surface area contributed by atoms with Crippen LogP contribution in [0.25, 0.3) is 0 Å². The smallest absolute Gasteiger partial charge is 0.132 e. The summed E-state index contributed by atoms with van der Waals surface area (Å²) in [6.45, 7) is 20.6. The normalized spacial score (nSPS) is 20.3. The number of aliphatic hydroxyl groups is 1. The molecule has 0 unspecified atom stereocenters. The lowest BCUT2D eigenvalue weighted by Gasteiger charge is -2.42. The molecule has 0 bridgehead atoms. The second-order valence-electron chi connectivity index (χ2n) is 13.6. The zero-order valence-corrected chi connectivity index (χ0v) is 29.4. The van der Waals surface area contributed by atoms with Crippen LogP contribution in [-0.2, 0) is 10.2 Å². The van der Waals surface area contributed by atoms with Crippen LogP contribution in [0.2, 0.25) is 0 Å². The van der Waals surface area contributed by atoms with Crippen LogP contribution in [-0.4, -0.2) is 22.1 Å². The average molecular weight is 587 g/mol. The molecule has 2 fully saturated rings. The molecule has 2 N–H and O–H groups in total. The summed E-state index contributed by atoms with van der Waals surface area (Å²) in [5.41, 5.74) is 2.75. The topological polar surface area (TPSA) is 57.5 Å². The maximum Gasteiger partial charge on any atom is 0.132 e. The van der Waals surface area contributed by atoms with Crippen LogP contribution in [0.4, 0.5) is 0 Å². The highest BCUT2D eigenvalue weighted by Gasteiger charge is 2.37. The number of hydrogen-bond acceptors (Lipinski definition) is 3. The van der Waals surface area contributed by atoms with E-state index in [4.69, 9.17) is 0 Å². The van der Waals surface area contributed by atoms with Crippen LogP contribution in [0.3, 0.4) is 0 Å². The molecule has 3 heteroatoms. The van der Waals surface area contributed by atoms with E-state index in [1.807, 2.05) is 12.1 Å². The van der Waals surface area contributed by atoms with Gasteiger partial charge in [-0.3, -0.25) is 4.79 Å². The standard InChI is InChI=1S/C13H26O.C13H24O.C13H20O/c3*1-4-13(5-2,6-3)11-7-9-12(14)10-8-11/h11-12,14H,4-10H2,1-3H3;11H,4-10H2,1-3H3;7-10,14H,4-6H2,1-3H3. The van der Waals surface area contributed by atoms with Crippen molar-refractivity contribution in [3.8, 4) is 5.75 Å². The van der Waals surface area contributed by atoms with Crippen molar-refractivity contribution in [2.24, 2.45) is 22.7 Å². The number of aromatic hydroxyl groups is 1. The lowest BCUT2D eigenvalue weighted by molar-refractivity contribution is -0.122. The minimum atomic E-state index is -0.00508. The number of benzene rings is 1. The van der Waals surface area contributed by atoms with Crippen LogP contribution in [0.5, 0.6) is 5.75 Å². The molecule has 2 saturated carbocycles. The highest BCUT2D eigenvalue weighted by atomic mass is 16.3. The molecule has 0 spiro atoms. The molecule has 0 atom stereocenters. The zero-order valence-electron chi connectivity index (χ0n) is 29.4. The molecule has 0 aliphatic heterocycles. The Labute approximate surface area is 261 Å². The summed E-state index contributed by atoms with van der Waals surface area (Å²) in [6, 6.07) is 7.66. The summed E-state index contributed by atoms with van der Waals surface area (Å²) < 4.78 is 0. The number of carbonyl (C=O) groups is 1. The number of carbonyl (C=O) groups excluding carboxylic acids is 1. The third-order valence-corrected chi connectivity index (χ3v) is 12.7. The SMILES string of the molecule is CCC(CC)(CC)C1CCC(=O)CC1.CCC(CC)(CC)C1CCC(O)CC1.CCC(CC)(CC)c1ccc(O)cc1. The molecule has 0 amide bonds. The van der Waals surface area contributed by atoms with Gasteiger partial charge in [-0.25, -0.2) is 0 Å². The molecule has 3 nitrogen and oxygen atoms in total. The molecule has 0 radical (unpaired) electrons. The summed E-state index contributed by atoms with van der Waals surface area (Å²) >= 11 is 0. The number of Topliss-reactive ketones (excluding diaryl/α,β-unsaturated/α-hetero) is 1. The van der Waals surface area contributed by atoms with Gasteiger partial charge >= 0.3 is 0 Å². The van der Waals surface area contributed by atoms with Crippen molar-refractivity contribution in [3.63, 3.8) is 0 Å². The minimum absolute atomic E-state index is 0.00508. The van der Waals surface area contributed by atoms with Crippen molar-refractivity contribution in [1.29, 1.82) is 0 Å². The van der Waals surface area contributed by atoms with E-state index in [2.05, 4.69) is 62.3 Å². The molecule has 2 aliphatic rings. The third kappa shape index (κ3) is 10.1. The summed E-state index contributed by atoms with van der Waals surface area (Å²) in [4.78, 5) is 11.2. The van der Waals surface area contributed by atoms with Crippen molar-refractivity contribution in [2.75, 3.05) is 0 Å². The Bertz CT molecular complexity index is 802. The van der Waals surface area contributed by atoms with Crippen molar-refractivity contribution in [3.05, 3.63) is 29.8 Å². The molecule has 3 rings (SSSR count). The Morgan fingerprint density at radius 2 is 0.929 bits per heavy atom. The number of hydrogen-bond donors (Lipinski definition) is 2. The number of ketones is 1. The van der Waals surface area contributed by atoms with E-state index in [0.29, 0.717) is 27.8 Å². The first-order chi connectivity index (χ1) is 20.0. The Hall–Kier alpha value is -1.35. The quantitative estimate of drug-likeness (QED) is 0.256. The number of aliphatic hydroxyl groups excluding tert-OH is 1. The molecule has 0 aromatic heterocycles. The van der Waals surface area contributed by atoms with E-state index < -0.39 is 0 Å². The maximum absolute atomic E-state index is 11.2. The third-order valence-electron chi connectivity index (χ3n) is 12.7. The van der Waals surface area contributed by atoms with E-state index in [1.165, 1.54) is 56.9 Å². The van der Waals surface area contributed by atoms with Gasteiger partial charge < -0.3 is 10.2 Å². The Morgan fingerprint density at radius 1 is 0.571 bits per heavy atom.